The van der Waals surface area contributed by atoms with Gasteiger partial charge in [-0.05, 0) is 12.8 Å². The van der Waals surface area contributed by atoms with Gasteiger partial charge in [0.15, 0.2) is 0 Å². The van der Waals surface area contributed by atoms with Crippen LogP contribution in [0.1, 0.15) is 19.3 Å². The molecular weight excluding hydrogens is 204 g/mol. The van der Waals surface area contributed by atoms with Gasteiger partial charge < -0.3 is 25.5 Å². The molecule has 2 atom stereocenters. The molecule has 0 rings (SSSR count). The van der Waals surface area contributed by atoms with Crippen LogP contribution in [0.15, 0.2) is 0 Å². The third-order valence-electron chi connectivity index (χ3n) is 2.25. The van der Waals surface area contributed by atoms with E-state index in [1.807, 2.05) is 0 Å². The number of hydrogen-bond acceptors (Lipinski definition) is 5. The summed E-state index contributed by atoms with van der Waals surface area (Å²) < 4.78 is 0. The van der Waals surface area contributed by atoms with Gasteiger partial charge in [-0.15, -0.1) is 0 Å². The summed E-state index contributed by atoms with van der Waals surface area (Å²) in [6, 6.07) is 0. The van der Waals surface area contributed by atoms with E-state index in [0.29, 0.717) is 0 Å². The number of aliphatic carboxylic acids is 1. The lowest BCUT2D eigenvalue weighted by atomic mass is 9.89. The van der Waals surface area contributed by atoms with Crippen LogP contribution >= 0.6 is 0 Å². The van der Waals surface area contributed by atoms with Crippen molar-refractivity contribution in [2.24, 2.45) is 5.92 Å². The topological polar surface area (TPSA) is 118 Å². The van der Waals surface area contributed by atoms with Crippen molar-refractivity contribution in [3.63, 3.8) is 0 Å². The third-order valence-corrected chi connectivity index (χ3v) is 2.25. The molecule has 2 unspecified atom stereocenters. The summed E-state index contributed by atoms with van der Waals surface area (Å²) in [6.45, 7) is -0.549. The molecule has 0 radical (unpaired) electrons. The molecule has 0 amide bonds. The fourth-order valence-corrected chi connectivity index (χ4v) is 1.42. The second kappa shape index (κ2) is 7.58. The Bertz CT molecular complexity index is 171. The molecule has 6 nitrogen and oxygen atoms in total. The Morgan fingerprint density at radius 3 is 1.67 bits per heavy atom. The van der Waals surface area contributed by atoms with Gasteiger partial charge in [0.1, 0.15) is 0 Å². The van der Waals surface area contributed by atoms with E-state index in [4.69, 9.17) is 15.3 Å². The number of aliphatic hydroxyl groups excluding tert-OH is 4. The van der Waals surface area contributed by atoms with Crippen molar-refractivity contribution in [1.82, 2.24) is 0 Å². The molecule has 0 aliphatic heterocycles. The van der Waals surface area contributed by atoms with Crippen LogP contribution in [0.5, 0.6) is 0 Å². The number of hydrogen-bond donors (Lipinski definition) is 5. The van der Waals surface area contributed by atoms with Crippen molar-refractivity contribution in [2.75, 3.05) is 13.2 Å². The maximum absolute atomic E-state index is 10.5. The summed E-state index contributed by atoms with van der Waals surface area (Å²) in [7, 11) is 0. The maximum Gasteiger partial charge on any atom is 0.303 e. The summed E-state index contributed by atoms with van der Waals surface area (Å²) in [5.74, 6) is -1.99. The van der Waals surface area contributed by atoms with Gasteiger partial charge >= 0.3 is 5.97 Å². The Labute approximate surface area is 87.8 Å². The second-order valence-corrected chi connectivity index (χ2v) is 3.42. The zero-order chi connectivity index (χ0) is 11.8. The van der Waals surface area contributed by atoms with Gasteiger partial charge in [0, 0.05) is 19.1 Å². The van der Waals surface area contributed by atoms with Crippen LogP contribution in [0.2, 0.25) is 0 Å². The molecule has 0 aliphatic rings. The van der Waals surface area contributed by atoms with E-state index in [0.717, 1.165) is 0 Å². The molecule has 0 aliphatic carbocycles. The molecule has 0 aromatic carbocycles. The number of rotatable bonds is 8. The van der Waals surface area contributed by atoms with E-state index in [1.54, 1.807) is 0 Å². The fraction of sp³-hybridized carbons (Fsp3) is 0.889. The highest BCUT2D eigenvalue weighted by molar-refractivity contribution is 5.67. The SMILES string of the molecule is O=C(O)CC(C(O)CCO)C(O)CCO. The van der Waals surface area contributed by atoms with E-state index in [9.17, 15) is 15.0 Å². The second-order valence-electron chi connectivity index (χ2n) is 3.42. The standard InChI is InChI=1S/C9H18O6/c10-3-1-7(12)6(5-9(14)15)8(13)2-4-11/h6-8,10-13H,1-5H2,(H,14,15). The van der Waals surface area contributed by atoms with Gasteiger partial charge in [-0.1, -0.05) is 0 Å². The Morgan fingerprint density at radius 2 is 1.40 bits per heavy atom. The van der Waals surface area contributed by atoms with E-state index in [2.05, 4.69) is 0 Å². The molecular formula is C9H18O6. The minimum atomic E-state index is -1.13. The Morgan fingerprint density at radius 1 is 1.00 bits per heavy atom. The molecule has 15 heavy (non-hydrogen) atoms. The monoisotopic (exact) mass is 222 g/mol. The van der Waals surface area contributed by atoms with Gasteiger partial charge in [-0.2, -0.15) is 0 Å². The molecule has 0 heterocycles. The average Bonchev–Trinajstić information content (AvgIpc) is 2.14. The van der Waals surface area contributed by atoms with E-state index in [-0.39, 0.29) is 32.5 Å². The number of carboxylic acid groups (broad SMARTS) is 1. The smallest absolute Gasteiger partial charge is 0.303 e. The first-order chi connectivity index (χ1) is 7.02. The Balaban J connectivity index is 4.34. The van der Waals surface area contributed by atoms with Crippen LogP contribution in [0.25, 0.3) is 0 Å². The average molecular weight is 222 g/mol. The van der Waals surface area contributed by atoms with Crippen molar-refractivity contribution in [2.45, 2.75) is 31.5 Å². The van der Waals surface area contributed by atoms with Crippen LogP contribution in [0.3, 0.4) is 0 Å². The summed E-state index contributed by atoms with van der Waals surface area (Å²) in [5.41, 5.74) is 0. The zero-order valence-electron chi connectivity index (χ0n) is 8.41. The first-order valence-corrected chi connectivity index (χ1v) is 4.82. The normalized spacial score (nSPS) is 17.1. The number of carboxylic acids is 1. The third kappa shape index (κ3) is 5.68. The predicted molar refractivity (Wildman–Crippen MR) is 51.2 cm³/mol. The first-order valence-electron chi connectivity index (χ1n) is 4.82. The van der Waals surface area contributed by atoms with Crippen molar-refractivity contribution >= 4 is 5.97 Å². The van der Waals surface area contributed by atoms with Crippen LogP contribution in [0.4, 0.5) is 0 Å². The molecule has 0 saturated heterocycles. The lowest BCUT2D eigenvalue weighted by Crippen LogP contribution is -2.35. The molecule has 5 N–H and O–H groups in total. The molecule has 0 spiro atoms. The van der Waals surface area contributed by atoms with Crippen LogP contribution in [-0.2, 0) is 4.79 Å². The largest absolute Gasteiger partial charge is 0.481 e. The fourth-order valence-electron chi connectivity index (χ4n) is 1.42. The van der Waals surface area contributed by atoms with Crippen LogP contribution in [0, 0.1) is 5.92 Å². The summed E-state index contributed by atoms with van der Waals surface area (Å²) in [5, 5.41) is 44.7. The van der Waals surface area contributed by atoms with Crippen molar-refractivity contribution in [1.29, 1.82) is 0 Å². The maximum atomic E-state index is 10.5. The van der Waals surface area contributed by atoms with Gasteiger partial charge in [-0.25, -0.2) is 0 Å². The first kappa shape index (κ1) is 14.3. The van der Waals surface area contributed by atoms with E-state index < -0.39 is 24.1 Å². The van der Waals surface area contributed by atoms with Crippen LogP contribution in [-0.4, -0.2) is 56.9 Å². The lowest BCUT2D eigenvalue weighted by molar-refractivity contribution is -0.141. The highest BCUT2D eigenvalue weighted by Gasteiger charge is 2.28. The molecule has 6 heteroatoms. The van der Waals surface area contributed by atoms with Gasteiger partial charge in [0.2, 0.25) is 0 Å². The summed E-state index contributed by atoms with van der Waals surface area (Å²) in [4.78, 5) is 10.5. The Hall–Kier alpha value is -0.690. The van der Waals surface area contributed by atoms with Crippen molar-refractivity contribution < 1.29 is 30.3 Å². The van der Waals surface area contributed by atoms with Gasteiger partial charge in [0.25, 0.3) is 0 Å². The molecule has 0 aromatic rings. The predicted octanol–water partition coefficient (Wildman–Crippen LogP) is -1.44. The zero-order valence-corrected chi connectivity index (χ0v) is 8.41. The molecule has 0 aromatic heterocycles. The minimum absolute atomic E-state index is 0.0143. The summed E-state index contributed by atoms with van der Waals surface area (Å²) in [6.07, 6.45) is -2.51. The lowest BCUT2D eigenvalue weighted by Gasteiger charge is -2.25. The van der Waals surface area contributed by atoms with Gasteiger partial charge in [0.05, 0.1) is 18.6 Å². The van der Waals surface area contributed by atoms with E-state index in [1.165, 1.54) is 0 Å². The molecule has 90 valence electrons. The molecule has 0 bridgehead atoms. The molecule has 0 saturated carbocycles. The van der Waals surface area contributed by atoms with Crippen molar-refractivity contribution in [3.8, 4) is 0 Å². The number of carbonyl (C=O) groups is 1. The highest BCUT2D eigenvalue weighted by Crippen LogP contribution is 2.19. The molecule has 0 fully saturated rings. The Kier molecular flexibility index (Phi) is 7.23. The quantitative estimate of drug-likeness (QED) is 0.343. The van der Waals surface area contributed by atoms with Gasteiger partial charge in [-0.3, -0.25) is 4.79 Å². The highest BCUT2D eigenvalue weighted by atomic mass is 16.4. The van der Waals surface area contributed by atoms with E-state index >= 15 is 0 Å². The minimum Gasteiger partial charge on any atom is -0.481 e. The summed E-state index contributed by atoms with van der Waals surface area (Å²) >= 11 is 0. The number of aliphatic hydroxyl groups is 4. The van der Waals surface area contributed by atoms with Crippen LogP contribution < -0.4 is 0 Å². The van der Waals surface area contributed by atoms with Crippen molar-refractivity contribution in [3.05, 3.63) is 0 Å².